The van der Waals surface area contributed by atoms with Crippen LogP contribution >= 0.6 is 0 Å². The number of esters is 1. The zero-order valence-electron chi connectivity index (χ0n) is 23.7. The maximum Gasteiger partial charge on any atom is 0.308 e. The van der Waals surface area contributed by atoms with Crippen LogP contribution in [0.4, 0.5) is 4.39 Å². The Balaban J connectivity index is 2.73. The zero-order chi connectivity index (χ0) is 28.6. The molecule has 0 amide bonds. The van der Waals surface area contributed by atoms with Crippen molar-refractivity contribution in [1.29, 1.82) is 0 Å². The van der Waals surface area contributed by atoms with E-state index in [4.69, 9.17) is 9.82 Å². The quantitative estimate of drug-likeness (QED) is 0.212. The zero-order valence-corrected chi connectivity index (χ0v) is 23.7. The fourth-order valence-corrected chi connectivity index (χ4v) is 3.92. The number of aliphatic hydroxyl groups is 2. The van der Waals surface area contributed by atoms with Crippen molar-refractivity contribution in [2.75, 3.05) is 7.11 Å². The van der Waals surface area contributed by atoms with E-state index >= 15 is 0 Å². The highest BCUT2D eigenvalue weighted by Gasteiger charge is 2.23. The summed E-state index contributed by atoms with van der Waals surface area (Å²) in [5.74, 6) is -0.816. The van der Waals surface area contributed by atoms with Gasteiger partial charge in [-0.05, 0) is 50.3 Å². The van der Waals surface area contributed by atoms with Crippen LogP contribution in [0.3, 0.4) is 0 Å². The van der Waals surface area contributed by atoms with Gasteiger partial charge in [0.15, 0.2) is 0 Å². The molecule has 0 radical (unpaired) electrons. The van der Waals surface area contributed by atoms with Gasteiger partial charge >= 0.3 is 5.97 Å². The minimum atomic E-state index is -1.05. The van der Waals surface area contributed by atoms with Crippen LogP contribution in [0.5, 0.6) is 0 Å². The predicted molar refractivity (Wildman–Crippen MR) is 149 cm³/mol. The van der Waals surface area contributed by atoms with Gasteiger partial charge in [0.05, 0.1) is 43.3 Å². The molecule has 0 aliphatic carbocycles. The number of benzene rings is 1. The Hall–Kier alpha value is -3.10. The van der Waals surface area contributed by atoms with Crippen molar-refractivity contribution < 1.29 is 29.0 Å². The van der Waals surface area contributed by atoms with Crippen molar-refractivity contribution in [3.8, 4) is 11.1 Å². The van der Waals surface area contributed by atoms with Gasteiger partial charge in [-0.3, -0.25) is 9.78 Å². The lowest BCUT2D eigenvalue weighted by molar-refractivity contribution is -0.143. The number of hydrogen-bond acceptors (Lipinski definition) is 7. The van der Waals surface area contributed by atoms with E-state index in [1.165, 1.54) is 19.2 Å². The van der Waals surface area contributed by atoms with E-state index in [-0.39, 0.29) is 30.5 Å². The van der Waals surface area contributed by atoms with Crippen LogP contribution in [0.15, 0.2) is 35.5 Å². The Labute approximate surface area is 225 Å². The van der Waals surface area contributed by atoms with E-state index in [9.17, 15) is 19.4 Å². The first-order valence-electron chi connectivity index (χ1n) is 12.9. The van der Waals surface area contributed by atoms with Crippen molar-refractivity contribution >= 4 is 18.3 Å². The van der Waals surface area contributed by atoms with E-state index in [0.717, 1.165) is 33.6 Å². The molecule has 1 aromatic carbocycles. The van der Waals surface area contributed by atoms with E-state index < -0.39 is 23.8 Å². The maximum atomic E-state index is 13.9. The number of pyridine rings is 1. The second kappa shape index (κ2) is 13.6. The number of carbonyl (C=O) groups excluding carboxylic acids is 1. The molecule has 0 unspecified atom stereocenters. The predicted octanol–water partition coefficient (Wildman–Crippen LogP) is 5.97. The molecule has 0 spiro atoms. The number of aliphatic hydroxyl groups excluding tert-OH is 2. The van der Waals surface area contributed by atoms with Crippen molar-refractivity contribution in [2.24, 2.45) is 5.16 Å². The fourth-order valence-electron chi connectivity index (χ4n) is 3.92. The second-order valence-corrected chi connectivity index (χ2v) is 10.9. The van der Waals surface area contributed by atoms with E-state index in [1.807, 2.05) is 48.5 Å². The monoisotopic (exact) mass is 528 g/mol. The fraction of sp³-hybridized carbons (Fsp3) is 0.500. The smallest absolute Gasteiger partial charge is 0.308 e. The Bertz CT molecular complexity index is 1130. The third-order valence-electron chi connectivity index (χ3n) is 5.70. The molecule has 2 rings (SSSR count). The highest BCUT2D eigenvalue weighted by Crippen LogP contribution is 2.37. The van der Waals surface area contributed by atoms with E-state index in [1.54, 1.807) is 30.5 Å². The SMILES string of the molecule is COC(=O)C[C@H](O)C[C@H](O)/C=C/c1c(C(C)C)nc(C(C)C)c(/C=N/OC(C)(C)C)c1-c1ccc(F)cc1. The number of methoxy groups -OCH3 is 1. The second-order valence-electron chi connectivity index (χ2n) is 10.9. The summed E-state index contributed by atoms with van der Waals surface area (Å²) in [6.07, 6.45) is 2.65. The lowest BCUT2D eigenvalue weighted by Gasteiger charge is -2.22. The molecular formula is C30H41FN2O5. The third kappa shape index (κ3) is 9.03. The molecule has 2 N–H and O–H groups in total. The van der Waals surface area contributed by atoms with Crippen molar-refractivity contribution in [3.05, 3.63) is 58.7 Å². The molecule has 0 saturated carbocycles. The lowest BCUT2D eigenvalue weighted by Crippen LogP contribution is -2.20. The molecule has 0 fully saturated rings. The van der Waals surface area contributed by atoms with Crippen molar-refractivity contribution in [2.45, 2.75) is 91.0 Å². The van der Waals surface area contributed by atoms with Crippen LogP contribution in [0.25, 0.3) is 17.2 Å². The van der Waals surface area contributed by atoms with Gasteiger partial charge in [-0.1, -0.05) is 57.1 Å². The van der Waals surface area contributed by atoms with Gasteiger partial charge in [-0.15, -0.1) is 0 Å². The number of aromatic nitrogens is 1. The molecule has 8 heteroatoms. The van der Waals surface area contributed by atoms with Crippen LogP contribution in [0, 0.1) is 5.82 Å². The molecule has 1 aromatic heterocycles. The first kappa shape index (κ1) is 31.1. The van der Waals surface area contributed by atoms with Crippen LogP contribution in [0.1, 0.15) is 95.7 Å². The summed E-state index contributed by atoms with van der Waals surface area (Å²) < 4.78 is 18.5. The van der Waals surface area contributed by atoms with Crippen molar-refractivity contribution in [1.82, 2.24) is 4.98 Å². The van der Waals surface area contributed by atoms with Gasteiger partial charge in [-0.2, -0.15) is 0 Å². The highest BCUT2D eigenvalue weighted by atomic mass is 19.1. The standard InChI is InChI=1S/C30H41FN2O5/c1-18(2)28-24(14-13-22(34)15-23(35)16-26(36)37-8)27(20-9-11-21(31)12-10-20)25(29(33-28)19(3)4)17-32-38-30(5,6)7/h9-14,17-19,22-23,34-35H,15-16H2,1-8H3/b14-13+,32-17+/t22-,23-/m1/s1. The molecule has 2 aromatic rings. The number of nitrogens with zero attached hydrogens (tertiary/aromatic N) is 2. The summed E-state index contributed by atoms with van der Waals surface area (Å²) in [6.45, 7) is 13.9. The summed E-state index contributed by atoms with van der Waals surface area (Å²) >= 11 is 0. The molecule has 7 nitrogen and oxygen atoms in total. The Kier molecular flexibility index (Phi) is 11.2. The summed E-state index contributed by atoms with van der Waals surface area (Å²) in [5.41, 5.74) is 4.16. The molecule has 0 saturated heterocycles. The molecule has 0 aliphatic heterocycles. The van der Waals surface area contributed by atoms with E-state index in [0.29, 0.717) is 0 Å². The van der Waals surface area contributed by atoms with E-state index in [2.05, 4.69) is 9.89 Å². The van der Waals surface area contributed by atoms with Crippen LogP contribution < -0.4 is 0 Å². The summed E-state index contributed by atoms with van der Waals surface area (Å²) in [6, 6.07) is 6.21. The maximum absolute atomic E-state index is 13.9. The van der Waals surface area contributed by atoms with Gasteiger partial charge in [-0.25, -0.2) is 4.39 Å². The van der Waals surface area contributed by atoms with Crippen LogP contribution in [0.2, 0.25) is 0 Å². The molecular weight excluding hydrogens is 487 g/mol. The number of hydrogen-bond donors (Lipinski definition) is 2. The van der Waals surface area contributed by atoms with Crippen molar-refractivity contribution in [3.63, 3.8) is 0 Å². The molecule has 38 heavy (non-hydrogen) atoms. The van der Waals surface area contributed by atoms with Crippen LogP contribution in [-0.4, -0.2) is 52.3 Å². The van der Waals surface area contributed by atoms with Gasteiger partial charge in [0, 0.05) is 23.1 Å². The average Bonchev–Trinajstić information content (AvgIpc) is 2.81. The summed E-state index contributed by atoms with van der Waals surface area (Å²) in [5, 5.41) is 25.0. The minimum Gasteiger partial charge on any atom is -0.469 e. The Morgan fingerprint density at radius 2 is 1.63 bits per heavy atom. The number of ether oxygens (including phenoxy) is 1. The molecule has 1 heterocycles. The summed E-state index contributed by atoms with van der Waals surface area (Å²) in [7, 11) is 1.25. The Morgan fingerprint density at radius 1 is 1.05 bits per heavy atom. The molecule has 208 valence electrons. The normalized spacial score (nSPS) is 14.0. The number of halogens is 1. The third-order valence-corrected chi connectivity index (χ3v) is 5.70. The lowest BCUT2D eigenvalue weighted by atomic mass is 9.87. The molecule has 0 aliphatic rings. The van der Waals surface area contributed by atoms with Gasteiger partial charge in [0.1, 0.15) is 11.4 Å². The average molecular weight is 529 g/mol. The number of carbonyl (C=O) groups is 1. The minimum absolute atomic E-state index is 0.0326. The topological polar surface area (TPSA) is 101 Å². The van der Waals surface area contributed by atoms with Crippen LogP contribution in [-0.2, 0) is 14.4 Å². The highest BCUT2D eigenvalue weighted by molar-refractivity contribution is 5.95. The summed E-state index contributed by atoms with van der Waals surface area (Å²) in [4.78, 5) is 22.1. The molecule has 2 atom stereocenters. The van der Waals surface area contributed by atoms with Gasteiger partial charge in [0.2, 0.25) is 0 Å². The molecule has 0 bridgehead atoms. The largest absolute Gasteiger partial charge is 0.469 e. The number of rotatable bonds is 11. The first-order valence-corrected chi connectivity index (χ1v) is 12.9. The first-order chi connectivity index (χ1) is 17.7. The Morgan fingerprint density at radius 3 is 2.16 bits per heavy atom. The van der Waals surface area contributed by atoms with Gasteiger partial charge < -0.3 is 19.8 Å². The van der Waals surface area contributed by atoms with Gasteiger partial charge in [0.25, 0.3) is 0 Å². The number of oxime groups is 1.